The fourth-order valence-electron chi connectivity index (χ4n) is 2.58. The second kappa shape index (κ2) is 8.51. The molecule has 0 aliphatic rings. The van der Waals surface area contributed by atoms with Crippen LogP contribution < -0.4 is 9.88 Å². The van der Waals surface area contributed by atoms with Crippen molar-refractivity contribution in [3.05, 3.63) is 60.3 Å². The summed E-state index contributed by atoms with van der Waals surface area (Å²) < 4.78 is 28.6. The number of aryl methyl sites for hydroxylation is 1. The zero-order chi connectivity index (χ0) is 19.3. The third-order valence-corrected chi connectivity index (χ3v) is 6.55. The molecule has 3 aromatic rings. The molecule has 3 rings (SSSR count). The van der Waals surface area contributed by atoms with Crippen LogP contribution in [0.15, 0.2) is 58.9 Å². The van der Waals surface area contributed by atoms with Crippen molar-refractivity contribution in [1.82, 2.24) is 4.98 Å². The summed E-state index contributed by atoms with van der Waals surface area (Å²) in [6, 6.07) is 14.4. The maximum absolute atomic E-state index is 11.4. The van der Waals surface area contributed by atoms with Gasteiger partial charge >= 0.3 is 0 Å². The Morgan fingerprint density at radius 3 is 2.52 bits per heavy atom. The van der Waals surface area contributed by atoms with Crippen molar-refractivity contribution in [1.29, 1.82) is 0 Å². The van der Waals surface area contributed by atoms with E-state index >= 15 is 0 Å². The molecule has 0 atom stereocenters. The molecule has 0 spiro atoms. The minimum atomic E-state index is -3.66. The van der Waals surface area contributed by atoms with Gasteiger partial charge in [0.15, 0.2) is 0 Å². The number of aromatic nitrogens is 1. The summed E-state index contributed by atoms with van der Waals surface area (Å²) >= 11 is 1.14. The van der Waals surface area contributed by atoms with E-state index in [0.29, 0.717) is 6.61 Å². The highest BCUT2D eigenvalue weighted by atomic mass is 32.2. The van der Waals surface area contributed by atoms with Gasteiger partial charge in [-0.25, -0.2) is 18.5 Å². The molecule has 0 bridgehead atoms. The van der Waals surface area contributed by atoms with Crippen LogP contribution in [0.1, 0.15) is 18.4 Å². The quantitative estimate of drug-likeness (QED) is 0.559. The third-order valence-electron chi connectivity index (χ3n) is 3.98. The first-order valence-corrected chi connectivity index (χ1v) is 10.8. The molecule has 8 heteroatoms. The van der Waals surface area contributed by atoms with Crippen molar-refractivity contribution < 1.29 is 18.3 Å². The van der Waals surface area contributed by atoms with Gasteiger partial charge in [-0.3, -0.25) is 0 Å². The van der Waals surface area contributed by atoms with Gasteiger partial charge in [-0.15, -0.1) is 11.3 Å². The average Bonchev–Trinajstić information content (AvgIpc) is 3.14. The number of hydrogen-bond acceptors (Lipinski definition) is 6. The van der Waals surface area contributed by atoms with Crippen LogP contribution in [0.2, 0.25) is 0 Å². The Bertz CT molecular complexity index is 999. The number of benzene rings is 1. The Hall–Kier alpha value is -2.42. The van der Waals surface area contributed by atoms with Gasteiger partial charge in [0.1, 0.15) is 9.96 Å². The van der Waals surface area contributed by atoms with E-state index in [4.69, 9.17) is 9.88 Å². The number of nitrogens with zero attached hydrogens (tertiary/aromatic N) is 1. The number of hydrogen-bond donors (Lipinski definition) is 2. The van der Waals surface area contributed by atoms with Gasteiger partial charge < -0.3 is 9.84 Å². The first kappa shape index (κ1) is 19.3. The molecule has 142 valence electrons. The minimum absolute atomic E-state index is 0.0909. The number of unbranched alkanes of at least 4 members (excludes halogenated alkanes) is 1. The van der Waals surface area contributed by atoms with Crippen LogP contribution in [0.25, 0.3) is 10.4 Å². The van der Waals surface area contributed by atoms with Crippen molar-refractivity contribution in [2.24, 2.45) is 5.14 Å². The molecular weight excluding hydrogens is 384 g/mol. The Kier molecular flexibility index (Phi) is 6.10. The van der Waals surface area contributed by atoms with Crippen LogP contribution in [-0.4, -0.2) is 25.1 Å². The number of primary sulfonamides is 1. The van der Waals surface area contributed by atoms with Crippen LogP contribution in [0.4, 0.5) is 0 Å². The van der Waals surface area contributed by atoms with Crippen LogP contribution in [-0.2, 0) is 16.4 Å². The van der Waals surface area contributed by atoms with Crippen molar-refractivity contribution in [2.75, 3.05) is 6.61 Å². The van der Waals surface area contributed by atoms with E-state index < -0.39 is 10.0 Å². The number of rotatable bonds is 8. The monoisotopic (exact) mass is 404 g/mol. The topological polar surface area (TPSA) is 103 Å². The highest BCUT2D eigenvalue weighted by Gasteiger charge is 2.12. The smallest absolute Gasteiger partial charge is 0.247 e. The standard InChI is InChI=1S/C19H20N2O4S2/c20-27(23,24)18-11-10-17(26-18)14-6-8-16(9-7-14)25-13-2-1-4-15-5-3-12-21-19(15)22/h3,5-12H,1-2,4,13H2,(H,21,22)(H2,20,23,24). The van der Waals surface area contributed by atoms with Crippen molar-refractivity contribution in [2.45, 2.75) is 23.5 Å². The summed E-state index contributed by atoms with van der Waals surface area (Å²) in [7, 11) is -3.66. The predicted octanol–water partition coefficient (Wildman–Crippen LogP) is 3.56. The van der Waals surface area contributed by atoms with Crippen molar-refractivity contribution >= 4 is 21.4 Å². The summed E-state index contributed by atoms with van der Waals surface area (Å²) in [6.45, 7) is 0.578. The number of nitrogens with two attached hydrogens (primary N) is 1. The van der Waals surface area contributed by atoms with Crippen LogP contribution in [0, 0.1) is 0 Å². The maximum atomic E-state index is 11.4. The highest BCUT2D eigenvalue weighted by molar-refractivity contribution is 7.91. The van der Waals surface area contributed by atoms with Gasteiger partial charge in [0, 0.05) is 16.6 Å². The summed E-state index contributed by atoms with van der Waals surface area (Å²) in [5.41, 5.74) is 1.76. The molecule has 6 nitrogen and oxygen atoms in total. The zero-order valence-electron chi connectivity index (χ0n) is 14.5. The average molecular weight is 405 g/mol. The molecular formula is C19H20N2O4S2. The summed E-state index contributed by atoms with van der Waals surface area (Å²) in [6.07, 6.45) is 4.08. The Labute approximate surface area is 162 Å². The van der Waals surface area contributed by atoms with E-state index in [9.17, 15) is 13.5 Å². The molecule has 0 saturated carbocycles. The second-order valence-electron chi connectivity index (χ2n) is 5.98. The summed E-state index contributed by atoms with van der Waals surface area (Å²) in [5, 5.41) is 14.8. The first-order chi connectivity index (χ1) is 12.9. The molecule has 0 amide bonds. The molecule has 0 aliphatic carbocycles. The van der Waals surface area contributed by atoms with Gasteiger partial charge in [0.2, 0.25) is 15.9 Å². The molecule has 0 aliphatic heterocycles. The lowest BCUT2D eigenvalue weighted by Gasteiger charge is -2.07. The molecule has 0 saturated heterocycles. The fraction of sp³-hybridized carbons (Fsp3) is 0.211. The van der Waals surface area contributed by atoms with Crippen LogP contribution in [0.3, 0.4) is 0 Å². The highest BCUT2D eigenvalue weighted by Crippen LogP contribution is 2.31. The number of thiophene rings is 1. The second-order valence-corrected chi connectivity index (χ2v) is 8.85. The van der Waals surface area contributed by atoms with E-state index in [-0.39, 0.29) is 10.1 Å². The lowest BCUT2D eigenvalue weighted by molar-refractivity contribution is 0.306. The summed E-state index contributed by atoms with van der Waals surface area (Å²) in [4.78, 5) is 4.69. The van der Waals surface area contributed by atoms with Gasteiger partial charge in [0.05, 0.1) is 6.61 Å². The third kappa shape index (κ3) is 5.29. The maximum Gasteiger partial charge on any atom is 0.247 e. The normalized spacial score (nSPS) is 11.4. The van der Waals surface area contributed by atoms with Crippen LogP contribution >= 0.6 is 11.3 Å². The molecule has 1 aromatic carbocycles. The predicted molar refractivity (Wildman–Crippen MR) is 105 cm³/mol. The molecule has 0 unspecified atom stereocenters. The number of sulfonamides is 1. The van der Waals surface area contributed by atoms with Gasteiger partial charge in [-0.1, -0.05) is 6.07 Å². The largest absolute Gasteiger partial charge is 0.494 e. The Balaban J connectivity index is 1.48. The van der Waals surface area contributed by atoms with E-state index in [2.05, 4.69) is 4.98 Å². The lowest BCUT2D eigenvalue weighted by atomic mass is 10.1. The van der Waals surface area contributed by atoms with Crippen molar-refractivity contribution in [3.63, 3.8) is 0 Å². The van der Waals surface area contributed by atoms with Crippen LogP contribution in [0.5, 0.6) is 11.6 Å². The Morgan fingerprint density at radius 1 is 1.07 bits per heavy atom. The lowest BCUT2D eigenvalue weighted by Crippen LogP contribution is -2.09. The summed E-state index contributed by atoms with van der Waals surface area (Å²) in [5.74, 6) is 0.847. The SMILES string of the molecule is NS(=O)(=O)c1ccc(-c2ccc(OCCCCc3cccnc3O)cc2)s1. The van der Waals surface area contributed by atoms with Gasteiger partial charge in [-0.05, 0) is 67.3 Å². The first-order valence-electron chi connectivity index (χ1n) is 8.42. The van der Waals surface area contributed by atoms with E-state index in [1.165, 1.54) is 6.07 Å². The van der Waals surface area contributed by atoms with Gasteiger partial charge in [0.25, 0.3) is 0 Å². The molecule has 3 N–H and O–H groups in total. The number of pyridine rings is 1. The zero-order valence-corrected chi connectivity index (χ0v) is 16.2. The van der Waals surface area contributed by atoms with Gasteiger partial charge in [-0.2, -0.15) is 0 Å². The number of aromatic hydroxyl groups is 1. The minimum Gasteiger partial charge on any atom is -0.494 e. The van der Waals surface area contributed by atoms with Crippen molar-refractivity contribution in [3.8, 4) is 22.1 Å². The molecule has 2 heterocycles. The molecule has 27 heavy (non-hydrogen) atoms. The Morgan fingerprint density at radius 2 is 1.85 bits per heavy atom. The molecule has 2 aromatic heterocycles. The van der Waals surface area contributed by atoms with E-state index in [1.54, 1.807) is 12.3 Å². The fourth-order valence-corrected chi connectivity index (χ4v) is 4.31. The number of ether oxygens (including phenoxy) is 1. The molecule has 0 radical (unpaired) electrons. The van der Waals surface area contributed by atoms with E-state index in [1.807, 2.05) is 36.4 Å². The van der Waals surface area contributed by atoms with E-state index in [0.717, 1.165) is 52.4 Å². The molecule has 0 fully saturated rings.